The Morgan fingerprint density at radius 2 is 2.08 bits per heavy atom. The van der Waals surface area contributed by atoms with Crippen molar-refractivity contribution in [2.24, 2.45) is 11.7 Å². The topological polar surface area (TPSA) is 85.1 Å². The van der Waals surface area contributed by atoms with Gasteiger partial charge < -0.3 is 25.0 Å². The Bertz CT molecular complexity index is 693. The van der Waals surface area contributed by atoms with Crippen LogP contribution < -0.4 is 15.2 Å². The second-order valence-corrected chi connectivity index (χ2v) is 6.85. The van der Waals surface area contributed by atoms with Gasteiger partial charge in [0.05, 0.1) is 0 Å². The van der Waals surface area contributed by atoms with Crippen LogP contribution in [0.4, 0.5) is 0 Å². The van der Waals surface area contributed by atoms with Gasteiger partial charge in [-0.1, -0.05) is 0 Å². The number of nitrogens with two attached hydrogens (primary N) is 1. The van der Waals surface area contributed by atoms with Crippen molar-refractivity contribution in [3.63, 3.8) is 0 Å². The summed E-state index contributed by atoms with van der Waals surface area (Å²) < 4.78 is 10.7. The van der Waals surface area contributed by atoms with Gasteiger partial charge in [0, 0.05) is 44.2 Å². The first-order valence-corrected chi connectivity index (χ1v) is 8.86. The Hall–Kier alpha value is -2.28. The van der Waals surface area contributed by atoms with Crippen molar-refractivity contribution in [3.8, 4) is 11.5 Å². The van der Waals surface area contributed by atoms with E-state index >= 15 is 0 Å². The van der Waals surface area contributed by atoms with E-state index in [1.165, 1.54) is 0 Å². The zero-order chi connectivity index (χ0) is 17.4. The molecule has 0 spiro atoms. The van der Waals surface area contributed by atoms with Crippen LogP contribution in [0.2, 0.25) is 0 Å². The van der Waals surface area contributed by atoms with Crippen LogP contribution in [-0.4, -0.2) is 60.6 Å². The highest BCUT2D eigenvalue weighted by molar-refractivity contribution is 5.95. The van der Waals surface area contributed by atoms with Crippen molar-refractivity contribution in [3.05, 3.63) is 23.8 Å². The van der Waals surface area contributed by atoms with Crippen molar-refractivity contribution in [2.75, 3.05) is 33.0 Å². The summed E-state index contributed by atoms with van der Waals surface area (Å²) in [5.74, 6) is 1.84. The number of amides is 2. The largest absolute Gasteiger partial charge is 0.454 e. The summed E-state index contributed by atoms with van der Waals surface area (Å²) in [5.41, 5.74) is 6.28. The van der Waals surface area contributed by atoms with E-state index in [1.54, 1.807) is 18.2 Å². The molecule has 0 unspecified atom stereocenters. The average molecular weight is 345 g/mol. The van der Waals surface area contributed by atoms with E-state index in [1.807, 2.05) is 9.80 Å². The summed E-state index contributed by atoms with van der Waals surface area (Å²) in [6.45, 7) is 2.63. The molecule has 1 aromatic carbocycles. The molecule has 4 rings (SSSR count). The number of nitrogens with zero attached hydrogens (tertiary/aromatic N) is 2. The van der Waals surface area contributed by atoms with E-state index < -0.39 is 0 Å². The first kappa shape index (κ1) is 16.2. The lowest BCUT2D eigenvalue weighted by molar-refractivity contribution is -0.140. The maximum absolute atomic E-state index is 12.9. The van der Waals surface area contributed by atoms with Gasteiger partial charge in [-0.2, -0.15) is 0 Å². The molecule has 0 radical (unpaired) electrons. The molecule has 2 fully saturated rings. The van der Waals surface area contributed by atoms with E-state index in [4.69, 9.17) is 15.2 Å². The fourth-order valence-electron chi connectivity index (χ4n) is 4.18. The smallest absolute Gasteiger partial charge is 0.254 e. The highest BCUT2D eigenvalue weighted by Gasteiger charge is 2.40. The van der Waals surface area contributed by atoms with Crippen LogP contribution in [0.25, 0.3) is 0 Å². The molecule has 3 aliphatic rings. The third-order valence-electron chi connectivity index (χ3n) is 5.42. The lowest BCUT2D eigenvalue weighted by Crippen LogP contribution is -2.57. The minimum atomic E-state index is 0.0130. The molecule has 1 aromatic rings. The number of piperidine rings is 2. The van der Waals surface area contributed by atoms with Crippen molar-refractivity contribution in [2.45, 2.75) is 25.3 Å². The van der Waals surface area contributed by atoms with E-state index in [0.717, 1.165) is 12.8 Å². The van der Waals surface area contributed by atoms with Crippen LogP contribution in [0.3, 0.4) is 0 Å². The van der Waals surface area contributed by atoms with Crippen LogP contribution in [0.5, 0.6) is 11.5 Å². The highest BCUT2D eigenvalue weighted by Crippen LogP contribution is 2.34. The van der Waals surface area contributed by atoms with Gasteiger partial charge in [0.2, 0.25) is 12.7 Å². The summed E-state index contributed by atoms with van der Waals surface area (Å²) in [6.07, 6.45) is 2.20. The van der Waals surface area contributed by atoms with E-state index in [-0.39, 0.29) is 24.6 Å². The number of fused-ring (bicyclic) bond motifs is 2. The Kier molecular flexibility index (Phi) is 4.25. The van der Waals surface area contributed by atoms with Crippen molar-refractivity contribution >= 4 is 11.8 Å². The fraction of sp³-hybridized carbons (Fsp3) is 0.556. The predicted molar refractivity (Wildman–Crippen MR) is 90.4 cm³/mol. The minimum absolute atomic E-state index is 0.0130. The Labute approximate surface area is 146 Å². The molecule has 0 aromatic heterocycles. The van der Waals surface area contributed by atoms with E-state index in [9.17, 15) is 9.59 Å². The summed E-state index contributed by atoms with van der Waals surface area (Å²) in [5, 5.41) is 0. The molecule has 2 N–H and O–H groups in total. The molecule has 7 nitrogen and oxygen atoms in total. The molecule has 0 saturated carbocycles. The van der Waals surface area contributed by atoms with Crippen LogP contribution in [0.15, 0.2) is 18.2 Å². The molecule has 2 amide bonds. The van der Waals surface area contributed by atoms with Gasteiger partial charge in [-0.15, -0.1) is 0 Å². The number of hydrogen-bond acceptors (Lipinski definition) is 5. The quantitative estimate of drug-likeness (QED) is 0.877. The van der Waals surface area contributed by atoms with Gasteiger partial charge in [-0.05, 0) is 37.0 Å². The second kappa shape index (κ2) is 6.55. The highest BCUT2D eigenvalue weighted by atomic mass is 16.7. The summed E-state index contributed by atoms with van der Waals surface area (Å²) >= 11 is 0. The first-order chi connectivity index (χ1) is 12.2. The standard InChI is InChI=1S/C18H23N3O4/c19-6-8-21-14-5-7-20(10-13(14)2-4-17(21)22)18(23)12-1-3-15-16(9-12)25-11-24-15/h1,3,9,13-14H,2,4-8,10-11,19H2/t13-,14+/m0/s1. The zero-order valence-corrected chi connectivity index (χ0v) is 14.1. The average Bonchev–Trinajstić information content (AvgIpc) is 3.11. The molecule has 0 bridgehead atoms. The van der Waals surface area contributed by atoms with Gasteiger partial charge in [-0.3, -0.25) is 9.59 Å². The molecule has 134 valence electrons. The lowest BCUT2D eigenvalue weighted by Gasteiger charge is -2.47. The Morgan fingerprint density at radius 1 is 1.24 bits per heavy atom. The van der Waals surface area contributed by atoms with Crippen LogP contribution >= 0.6 is 0 Å². The van der Waals surface area contributed by atoms with Crippen LogP contribution in [0.1, 0.15) is 29.6 Å². The molecule has 0 aliphatic carbocycles. The molecule has 2 saturated heterocycles. The Balaban J connectivity index is 1.47. The monoisotopic (exact) mass is 345 g/mol. The summed E-state index contributed by atoms with van der Waals surface area (Å²) in [6, 6.07) is 5.53. The minimum Gasteiger partial charge on any atom is -0.454 e. The number of carbonyl (C=O) groups is 2. The zero-order valence-electron chi connectivity index (χ0n) is 14.1. The van der Waals surface area contributed by atoms with Gasteiger partial charge >= 0.3 is 0 Å². The number of carbonyl (C=O) groups excluding carboxylic acids is 2. The Morgan fingerprint density at radius 3 is 2.92 bits per heavy atom. The molecule has 7 heteroatoms. The van der Waals surface area contributed by atoms with Crippen molar-refractivity contribution in [1.29, 1.82) is 0 Å². The van der Waals surface area contributed by atoms with Crippen LogP contribution in [-0.2, 0) is 4.79 Å². The maximum atomic E-state index is 12.9. The third-order valence-corrected chi connectivity index (χ3v) is 5.42. The normalized spacial score (nSPS) is 25.1. The molecule has 2 atom stereocenters. The number of likely N-dealkylation sites (tertiary alicyclic amines) is 2. The predicted octanol–water partition coefficient (Wildman–Crippen LogP) is 0.827. The fourth-order valence-corrected chi connectivity index (χ4v) is 4.18. The molecule has 3 heterocycles. The van der Waals surface area contributed by atoms with Gasteiger partial charge in [0.25, 0.3) is 5.91 Å². The number of hydrogen-bond donors (Lipinski definition) is 1. The molecule has 3 aliphatic heterocycles. The summed E-state index contributed by atoms with van der Waals surface area (Å²) in [4.78, 5) is 28.8. The van der Waals surface area contributed by atoms with E-state index in [2.05, 4.69) is 0 Å². The maximum Gasteiger partial charge on any atom is 0.254 e. The van der Waals surface area contributed by atoms with Gasteiger partial charge in [0.15, 0.2) is 11.5 Å². The second-order valence-electron chi connectivity index (χ2n) is 6.85. The SMILES string of the molecule is NCCN1C(=O)CC[C@H]2CN(C(=O)c3ccc4c(c3)OCO4)CC[C@H]21. The van der Waals surface area contributed by atoms with Gasteiger partial charge in [-0.25, -0.2) is 0 Å². The lowest BCUT2D eigenvalue weighted by atomic mass is 9.83. The van der Waals surface area contributed by atoms with Gasteiger partial charge in [0.1, 0.15) is 0 Å². The molecular weight excluding hydrogens is 322 g/mol. The molecule has 25 heavy (non-hydrogen) atoms. The first-order valence-electron chi connectivity index (χ1n) is 8.86. The van der Waals surface area contributed by atoms with E-state index in [0.29, 0.717) is 55.6 Å². The third kappa shape index (κ3) is 2.93. The summed E-state index contributed by atoms with van der Waals surface area (Å²) in [7, 11) is 0. The van der Waals surface area contributed by atoms with Crippen LogP contribution in [0, 0.1) is 5.92 Å². The van der Waals surface area contributed by atoms with Crippen molar-refractivity contribution in [1.82, 2.24) is 9.80 Å². The number of ether oxygens (including phenoxy) is 2. The number of rotatable bonds is 3. The van der Waals surface area contributed by atoms with Crippen molar-refractivity contribution < 1.29 is 19.1 Å². The number of benzene rings is 1. The molecular formula is C18H23N3O4.